The lowest BCUT2D eigenvalue weighted by Gasteiger charge is -2.35. The van der Waals surface area contributed by atoms with Crippen molar-refractivity contribution in [1.82, 2.24) is 20.1 Å². The molecule has 2 atom stereocenters. The fourth-order valence-electron chi connectivity index (χ4n) is 3.99. The predicted molar refractivity (Wildman–Crippen MR) is 125 cm³/mol. The summed E-state index contributed by atoms with van der Waals surface area (Å²) in [6.45, 7) is 1.50. The van der Waals surface area contributed by atoms with E-state index in [1.54, 1.807) is 29.2 Å². The molecule has 1 aliphatic heterocycles. The van der Waals surface area contributed by atoms with Crippen molar-refractivity contribution in [2.75, 3.05) is 26.2 Å². The fourth-order valence-corrected chi connectivity index (χ4v) is 4.17. The van der Waals surface area contributed by atoms with Crippen LogP contribution in [0.4, 0.5) is 0 Å². The van der Waals surface area contributed by atoms with E-state index in [-0.39, 0.29) is 6.42 Å². The van der Waals surface area contributed by atoms with Crippen LogP contribution in [-0.4, -0.2) is 76.4 Å². The molecule has 0 radical (unpaired) electrons. The number of fused-ring (bicyclic) bond motifs is 1. The van der Waals surface area contributed by atoms with Gasteiger partial charge < -0.3 is 25.2 Å². The third kappa shape index (κ3) is 5.35. The second-order valence-corrected chi connectivity index (χ2v) is 8.53. The number of amides is 3. The van der Waals surface area contributed by atoms with Crippen LogP contribution in [0.2, 0.25) is 5.02 Å². The van der Waals surface area contributed by atoms with Crippen LogP contribution >= 0.6 is 11.6 Å². The fraction of sp³-hybridized carbons (Fsp3) is 0.292. The Bertz CT molecular complexity index is 1140. The highest BCUT2D eigenvalue weighted by Crippen LogP contribution is 2.20. The second kappa shape index (κ2) is 10.1. The van der Waals surface area contributed by atoms with Gasteiger partial charge in [0.15, 0.2) is 6.10 Å². The van der Waals surface area contributed by atoms with E-state index >= 15 is 0 Å². The van der Waals surface area contributed by atoms with Crippen molar-refractivity contribution in [3.8, 4) is 0 Å². The molecular weight excluding hydrogens is 444 g/mol. The summed E-state index contributed by atoms with van der Waals surface area (Å²) in [6.07, 6.45) is -0.403. The lowest BCUT2D eigenvalue weighted by atomic mass is 9.99. The number of rotatable bonds is 7. The zero-order chi connectivity index (χ0) is 23.4. The minimum absolute atomic E-state index is 0.278. The number of nitrogens with zero attached hydrogens (tertiary/aromatic N) is 2. The number of hydrogen-bond acceptors (Lipinski definition) is 4. The first kappa shape index (κ1) is 22.8. The van der Waals surface area contributed by atoms with Crippen LogP contribution in [0.15, 0.2) is 54.6 Å². The summed E-state index contributed by atoms with van der Waals surface area (Å²) in [7, 11) is 0. The zero-order valence-corrected chi connectivity index (χ0v) is 18.7. The van der Waals surface area contributed by atoms with Crippen molar-refractivity contribution in [1.29, 1.82) is 0 Å². The maximum absolute atomic E-state index is 13.0. The van der Waals surface area contributed by atoms with Gasteiger partial charge >= 0.3 is 0 Å². The summed E-state index contributed by atoms with van der Waals surface area (Å²) >= 11 is 6.04. The normalized spacial score (nSPS) is 15.8. The molecule has 0 saturated carbocycles. The Labute approximate surface area is 196 Å². The summed E-state index contributed by atoms with van der Waals surface area (Å²) in [5.41, 5.74) is 1.95. The first-order chi connectivity index (χ1) is 15.9. The monoisotopic (exact) mass is 468 g/mol. The maximum Gasteiger partial charge on any atom is 0.268 e. The van der Waals surface area contributed by atoms with Gasteiger partial charge in [-0.15, -0.1) is 0 Å². The van der Waals surface area contributed by atoms with E-state index in [4.69, 9.17) is 11.6 Å². The van der Waals surface area contributed by atoms with Gasteiger partial charge in [0.05, 0.1) is 6.04 Å². The van der Waals surface area contributed by atoms with E-state index in [1.165, 1.54) is 4.90 Å². The number of aliphatic hydroxyl groups excluding tert-OH is 1. The maximum atomic E-state index is 13.0. The second-order valence-electron chi connectivity index (χ2n) is 8.10. The molecule has 0 aliphatic carbocycles. The number of benzene rings is 2. The Hall–Kier alpha value is -3.36. The molecule has 3 amide bonds. The molecule has 1 aromatic heterocycles. The van der Waals surface area contributed by atoms with Crippen LogP contribution in [-0.2, 0) is 16.0 Å². The van der Waals surface area contributed by atoms with Crippen LogP contribution in [0.1, 0.15) is 16.1 Å². The molecule has 0 spiro atoms. The van der Waals surface area contributed by atoms with E-state index in [2.05, 4.69) is 10.3 Å². The summed E-state index contributed by atoms with van der Waals surface area (Å²) in [6, 6.07) is 15.5. The molecule has 33 heavy (non-hydrogen) atoms. The van der Waals surface area contributed by atoms with Crippen molar-refractivity contribution >= 4 is 40.7 Å². The largest absolute Gasteiger partial charge is 0.381 e. The number of aliphatic hydroxyl groups is 1. The molecule has 3 aromatic rings. The zero-order valence-electron chi connectivity index (χ0n) is 17.9. The standard InChI is InChI=1S/C24H25ClN4O4/c25-18-6-7-19-17(13-18)14-21(26-19)23(32)27-20(12-16-4-2-1-3-5-16)22(31)24(33)29-10-8-28(15-30)9-11-29/h1-7,13-15,20,22,26,31H,8-12H2,(H,27,32)/t20-,22+/m0/s1. The highest BCUT2D eigenvalue weighted by atomic mass is 35.5. The van der Waals surface area contributed by atoms with Crippen molar-refractivity contribution in [3.05, 3.63) is 70.9 Å². The minimum Gasteiger partial charge on any atom is -0.381 e. The van der Waals surface area contributed by atoms with Crippen LogP contribution in [0, 0.1) is 0 Å². The average Bonchev–Trinajstić information content (AvgIpc) is 3.27. The lowest BCUT2D eigenvalue weighted by molar-refractivity contribution is -0.144. The Morgan fingerprint density at radius 3 is 2.52 bits per heavy atom. The molecule has 0 bridgehead atoms. The summed E-state index contributed by atoms with van der Waals surface area (Å²) in [4.78, 5) is 43.1. The molecule has 1 saturated heterocycles. The van der Waals surface area contributed by atoms with Crippen LogP contribution in [0.5, 0.6) is 0 Å². The lowest BCUT2D eigenvalue weighted by Crippen LogP contribution is -2.56. The predicted octanol–water partition coefficient (Wildman–Crippen LogP) is 1.82. The molecule has 4 rings (SSSR count). The first-order valence-electron chi connectivity index (χ1n) is 10.7. The van der Waals surface area contributed by atoms with Crippen LogP contribution < -0.4 is 5.32 Å². The number of hydrogen-bond donors (Lipinski definition) is 3. The molecular formula is C24H25ClN4O4. The van der Waals surface area contributed by atoms with E-state index in [9.17, 15) is 19.5 Å². The molecule has 8 nitrogen and oxygen atoms in total. The summed E-state index contributed by atoms with van der Waals surface area (Å²) in [5, 5.41) is 15.1. The van der Waals surface area contributed by atoms with Crippen molar-refractivity contribution in [2.45, 2.75) is 18.6 Å². The van der Waals surface area contributed by atoms with Crippen molar-refractivity contribution in [2.24, 2.45) is 0 Å². The number of nitrogens with one attached hydrogen (secondary N) is 2. The van der Waals surface area contributed by atoms with Gasteiger partial charge in [-0.25, -0.2) is 0 Å². The number of aromatic nitrogens is 1. The smallest absolute Gasteiger partial charge is 0.268 e. The number of carbonyl (C=O) groups is 3. The van der Waals surface area contributed by atoms with Crippen molar-refractivity contribution < 1.29 is 19.5 Å². The number of aromatic amines is 1. The molecule has 9 heteroatoms. The minimum atomic E-state index is -1.43. The quantitative estimate of drug-likeness (QED) is 0.460. The Kier molecular flexibility index (Phi) is 6.96. The Morgan fingerprint density at radius 1 is 1.09 bits per heavy atom. The molecule has 0 unspecified atom stereocenters. The Morgan fingerprint density at radius 2 is 1.82 bits per heavy atom. The highest BCUT2D eigenvalue weighted by molar-refractivity contribution is 6.31. The number of carbonyl (C=O) groups excluding carboxylic acids is 3. The molecule has 172 valence electrons. The van der Waals surface area contributed by atoms with E-state index in [0.717, 1.165) is 22.9 Å². The number of halogens is 1. The van der Waals surface area contributed by atoms with Gasteiger partial charge in [0, 0.05) is 42.1 Å². The molecule has 2 heterocycles. The van der Waals surface area contributed by atoms with Gasteiger partial charge in [-0.3, -0.25) is 14.4 Å². The van der Waals surface area contributed by atoms with Gasteiger partial charge in [0.25, 0.3) is 11.8 Å². The third-order valence-corrected chi connectivity index (χ3v) is 6.09. The molecule has 1 aliphatic rings. The Balaban J connectivity index is 1.52. The topological polar surface area (TPSA) is 106 Å². The third-order valence-electron chi connectivity index (χ3n) is 5.85. The SMILES string of the molecule is O=CN1CCN(C(=O)[C@H](O)[C@H](Cc2ccccc2)NC(=O)c2cc3cc(Cl)ccc3[nH]2)CC1. The number of H-pyrrole nitrogens is 1. The summed E-state index contributed by atoms with van der Waals surface area (Å²) < 4.78 is 0. The summed E-state index contributed by atoms with van der Waals surface area (Å²) in [5.74, 6) is -0.897. The van der Waals surface area contributed by atoms with Crippen molar-refractivity contribution in [3.63, 3.8) is 0 Å². The average molecular weight is 469 g/mol. The van der Waals surface area contributed by atoms with Gasteiger partial charge in [0.2, 0.25) is 6.41 Å². The highest BCUT2D eigenvalue weighted by Gasteiger charge is 2.33. The van der Waals surface area contributed by atoms with Gasteiger partial charge in [0.1, 0.15) is 5.69 Å². The van der Waals surface area contributed by atoms with E-state index in [1.807, 2.05) is 30.3 Å². The van der Waals surface area contributed by atoms with Crippen LogP contribution in [0.25, 0.3) is 10.9 Å². The molecule has 1 fully saturated rings. The van der Waals surface area contributed by atoms with Crippen LogP contribution in [0.3, 0.4) is 0 Å². The van der Waals surface area contributed by atoms with Gasteiger partial charge in [-0.1, -0.05) is 41.9 Å². The molecule has 2 aromatic carbocycles. The van der Waals surface area contributed by atoms with Gasteiger partial charge in [-0.2, -0.15) is 0 Å². The first-order valence-corrected chi connectivity index (χ1v) is 11.1. The van der Waals surface area contributed by atoms with E-state index in [0.29, 0.717) is 36.9 Å². The van der Waals surface area contributed by atoms with E-state index < -0.39 is 24.0 Å². The number of piperazine rings is 1. The van der Waals surface area contributed by atoms with Gasteiger partial charge in [-0.05, 0) is 36.2 Å². The molecule has 3 N–H and O–H groups in total.